The number of carbonyl (C=O) groups excluding carboxylic acids is 1. The van der Waals surface area contributed by atoms with E-state index >= 15 is 0 Å². The number of amidine groups is 1. The topological polar surface area (TPSA) is 63.5 Å². The molecule has 200 valence electrons. The summed E-state index contributed by atoms with van der Waals surface area (Å²) in [6, 6.07) is 15.0. The van der Waals surface area contributed by atoms with Crippen LogP contribution in [0.15, 0.2) is 58.5 Å². The van der Waals surface area contributed by atoms with Crippen LogP contribution in [-0.2, 0) is 20.7 Å². The van der Waals surface area contributed by atoms with E-state index in [4.69, 9.17) is 37.7 Å². The lowest BCUT2D eigenvalue weighted by Crippen LogP contribution is -2.37. The molecule has 0 amide bonds. The molecule has 0 saturated carbocycles. The monoisotopic (exact) mass is 563 g/mol. The van der Waals surface area contributed by atoms with Gasteiger partial charge in [-0.15, -0.1) is 0 Å². The molecule has 2 aromatic rings. The Bertz CT molecular complexity index is 1080. The fraction of sp³-hybridized carbons (Fsp3) is 0.464. The molecule has 0 aliphatic carbocycles. The summed E-state index contributed by atoms with van der Waals surface area (Å²) in [4.78, 5) is 25.2. The molecule has 1 aliphatic rings. The summed E-state index contributed by atoms with van der Waals surface area (Å²) in [5, 5.41) is 1.45. The minimum atomic E-state index is -0.710. The zero-order valence-electron chi connectivity index (χ0n) is 21.7. The van der Waals surface area contributed by atoms with Crippen molar-refractivity contribution in [1.29, 1.82) is 0 Å². The van der Waals surface area contributed by atoms with E-state index in [1.54, 1.807) is 12.1 Å². The summed E-state index contributed by atoms with van der Waals surface area (Å²) in [5.41, 5.74) is 2.61. The van der Waals surface area contributed by atoms with Crippen molar-refractivity contribution < 1.29 is 14.3 Å². The van der Waals surface area contributed by atoms with Crippen molar-refractivity contribution in [3.63, 3.8) is 0 Å². The van der Waals surface area contributed by atoms with Crippen molar-refractivity contribution >= 4 is 51.8 Å². The van der Waals surface area contributed by atoms with Gasteiger partial charge in [-0.05, 0) is 55.4 Å². The molecule has 1 aliphatic heterocycles. The highest BCUT2D eigenvalue weighted by Gasteiger charge is 2.38. The minimum absolute atomic E-state index is 0.225. The van der Waals surface area contributed by atoms with E-state index in [0.717, 1.165) is 38.0 Å². The van der Waals surface area contributed by atoms with E-state index in [1.165, 1.54) is 17.3 Å². The standard InChI is InChI=1S/C28H35Cl2N3O3S/c1-4-33(5-2)15-17-35-19-24-25(27(34)36-16-9-12-20-10-7-6-8-11-20)26(32-28(31-24)37-3)21-13-14-22(29)23(30)18-21/h6-8,10-11,13-14,18,25-26H,4-5,9,12,15-17,19H2,1-3H3. The Labute approximate surface area is 234 Å². The van der Waals surface area contributed by atoms with Crippen molar-refractivity contribution in [2.75, 3.05) is 45.7 Å². The van der Waals surface area contributed by atoms with Gasteiger partial charge in [0.15, 0.2) is 5.17 Å². The number of thioether (sulfide) groups is 1. The van der Waals surface area contributed by atoms with Gasteiger partial charge >= 0.3 is 5.97 Å². The summed E-state index contributed by atoms with van der Waals surface area (Å²) >= 11 is 13.9. The van der Waals surface area contributed by atoms with E-state index in [-0.39, 0.29) is 12.6 Å². The smallest absolute Gasteiger partial charge is 0.317 e. The van der Waals surface area contributed by atoms with Crippen LogP contribution >= 0.6 is 35.0 Å². The largest absolute Gasteiger partial charge is 0.465 e. The number of carbonyl (C=O) groups is 1. The van der Waals surface area contributed by atoms with E-state index in [9.17, 15) is 4.79 Å². The van der Waals surface area contributed by atoms with Crippen molar-refractivity contribution in [2.45, 2.75) is 32.7 Å². The average molecular weight is 565 g/mol. The van der Waals surface area contributed by atoms with E-state index < -0.39 is 12.0 Å². The number of aryl methyl sites for hydroxylation is 1. The van der Waals surface area contributed by atoms with E-state index in [0.29, 0.717) is 34.1 Å². The number of hydrogen-bond donors (Lipinski definition) is 0. The molecule has 6 nitrogen and oxygen atoms in total. The maximum Gasteiger partial charge on any atom is 0.317 e. The van der Waals surface area contributed by atoms with Crippen molar-refractivity contribution in [2.24, 2.45) is 15.9 Å². The van der Waals surface area contributed by atoms with Crippen molar-refractivity contribution in [3.05, 3.63) is 69.7 Å². The van der Waals surface area contributed by atoms with Gasteiger partial charge in [0.05, 0.1) is 41.6 Å². The van der Waals surface area contributed by atoms with E-state index in [1.807, 2.05) is 30.5 Å². The third-order valence-electron chi connectivity index (χ3n) is 6.28. The molecule has 0 aromatic heterocycles. The normalized spacial score (nSPS) is 17.5. The Kier molecular flexibility index (Phi) is 12.4. The molecular formula is C28H35Cl2N3O3S. The first-order valence-electron chi connectivity index (χ1n) is 12.6. The molecule has 2 aromatic carbocycles. The molecule has 9 heteroatoms. The Morgan fingerprint density at radius 3 is 2.49 bits per heavy atom. The fourth-order valence-corrected chi connectivity index (χ4v) is 4.87. The van der Waals surface area contributed by atoms with Gasteiger partial charge in [-0.25, -0.2) is 4.99 Å². The first-order chi connectivity index (χ1) is 18.0. The van der Waals surface area contributed by atoms with Gasteiger partial charge in [0.25, 0.3) is 0 Å². The van der Waals surface area contributed by atoms with Crippen LogP contribution in [-0.4, -0.2) is 67.5 Å². The summed E-state index contributed by atoms with van der Waals surface area (Å²) in [6.45, 7) is 8.07. The van der Waals surface area contributed by atoms with Crippen LogP contribution in [0.5, 0.6) is 0 Å². The van der Waals surface area contributed by atoms with Crippen LogP contribution in [0, 0.1) is 5.92 Å². The molecule has 37 heavy (non-hydrogen) atoms. The van der Waals surface area contributed by atoms with Crippen molar-refractivity contribution in [3.8, 4) is 0 Å². The lowest BCUT2D eigenvalue weighted by Gasteiger charge is -2.28. The number of nitrogens with zero attached hydrogens (tertiary/aromatic N) is 3. The molecule has 0 spiro atoms. The summed E-state index contributed by atoms with van der Waals surface area (Å²) in [5.74, 6) is -1.07. The third-order valence-corrected chi connectivity index (χ3v) is 7.58. The number of esters is 1. The maximum absolute atomic E-state index is 13.5. The van der Waals surface area contributed by atoms with Gasteiger partial charge in [-0.2, -0.15) is 0 Å². The number of aliphatic imine (C=N–C) groups is 2. The summed E-state index contributed by atoms with van der Waals surface area (Å²) in [6.07, 6.45) is 3.47. The summed E-state index contributed by atoms with van der Waals surface area (Å²) < 4.78 is 11.8. The van der Waals surface area contributed by atoms with Gasteiger partial charge in [-0.1, -0.05) is 85.2 Å². The second-order valence-corrected chi connectivity index (χ2v) is 10.2. The first kappa shape index (κ1) is 29.7. The lowest BCUT2D eigenvalue weighted by molar-refractivity contribution is -0.147. The Hall–Kier alpha value is -1.90. The van der Waals surface area contributed by atoms with Gasteiger partial charge in [0.1, 0.15) is 5.92 Å². The molecule has 0 fully saturated rings. The predicted octanol–water partition coefficient (Wildman–Crippen LogP) is 6.36. The SMILES string of the molecule is CCN(CC)CCOCC1=NC(SC)=NC(c2ccc(Cl)c(Cl)c2)C1C(=O)OCCCc1ccccc1. The number of ether oxygens (including phenoxy) is 2. The highest BCUT2D eigenvalue weighted by Crippen LogP contribution is 2.36. The highest BCUT2D eigenvalue weighted by molar-refractivity contribution is 8.13. The molecule has 0 radical (unpaired) electrons. The average Bonchev–Trinajstić information content (AvgIpc) is 2.92. The second-order valence-electron chi connectivity index (χ2n) is 8.65. The van der Waals surface area contributed by atoms with E-state index in [2.05, 4.69) is 35.9 Å². The van der Waals surface area contributed by atoms with Crippen molar-refractivity contribution in [1.82, 2.24) is 4.90 Å². The Morgan fingerprint density at radius 2 is 1.81 bits per heavy atom. The van der Waals surface area contributed by atoms with Gasteiger partial charge in [0.2, 0.25) is 0 Å². The Balaban J connectivity index is 1.76. The molecule has 0 saturated heterocycles. The first-order valence-corrected chi connectivity index (χ1v) is 14.6. The number of halogens is 2. The quantitative estimate of drug-likeness (QED) is 0.209. The molecular weight excluding hydrogens is 529 g/mol. The van der Waals surface area contributed by atoms with Crippen LogP contribution < -0.4 is 0 Å². The van der Waals surface area contributed by atoms with Crippen LogP contribution in [0.4, 0.5) is 0 Å². The summed E-state index contributed by atoms with van der Waals surface area (Å²) in [7, 11) is 0. The molecule has 1 heterocycles. The third kappa shape index (κ3) is 8.82. The van der Waals surface area contributed by atoms with Crippen LogP contribution in [0.2, 0.25) is 10.0 Å². The number of hydrogen-bond acceptors (Lipinski definition) is 7. The Morgan fingerprint density at radius 1 is 1.05 bits per heavy atom. The second kappa shape index (κ2) is 15.5. The van der Waals surface area contributed by atoms with Crippen LogP contribution in [0.1, 0.15) is 37.4 Å². The lowest BCUT2D eigenvalue weighted by atomic mass is 9.88. The highest BCUT2D eigenvalue weighted by atomic mass is 35.5. The van der Waals surface area contributed by atoms with Crippen LogP contribution in [0.3, 0.4) is 0 Å². The van der Waals surface area contributed by atoms with Gasteiger partial charge < -0.3 is 14.4 Å². The molecule has 2 atom stereocenters. The predicted molar refractivity (Wildman–Crippen MR) is 155 cm³/mol. The maximum atomic E-state index is 13.5. The zero-order valence-corrected chi connectivity index (χ0v) is 24.0. The molecule has 0 N–H and O–H groups in total. The number of likely N-dealkylation sites (N-methyl/N-ethyl adjacent to an activating group) is 1. The van der Waals surface area contributed by atoms with Gasteiger partial charge in [-0.3, -0.25) is 9.79 Å². The molecule has 3 rings (SSSR count). The fourth-order valence-electron chi connectivity index (χ4n) is 4.14. The number of benzene rings is 2. The zero-order chi connectivity index (χ0) is 26.6. The van der Waals surface area contributed by atoms with Gasteiger partial charge in [0, 0.05) is 6.54 Å². The minimum Gasteiger partial charge on any atom is -0.465 e. The van der Waals surface area contributed by atoms with Crippen LogP contribution in [0.25, 0.3) is 0 Å². The molecule has 0 bridgehead atoms. The molecule has 2 unspecified atom stereocenters. The number of rotatable bonds is 13.